The standard InChI is InChI=1S/C24H32N2O2/c1-5-19(4)25-24(28)22(16-20-13-8-7-9-14-20)26(23(27)6-2)17-21-15-11-10-12-18(21)3/h7-15,19,22H,5-6,16-17H2,1-4H3,(H,25,28). The van der Waals surface area contributed by atoms with Crippen molar-refractivity contribution in [2.75, 3.05) is 0 Å². The maximum absolute atomic E-state index is 13.1. The molecule has 0 aliphatic carbocycles. The summed E-state index contributed by atoms with van der Waals surface area (Å²) >= 11 is 0. The molecule has 2 aromatic carbocycles. The molecule has 0 aliphatic heterocycles. The molecule has 4 nitrogen and oxygen atoms in total. The van der Waals surface area contributed by atoms with Gasteiger partial charge in [-0.2, -0.15) is 0 Å². The lowest BCUT2D eigenvalue weighted by atomic mass is 10.0. The van der Waals surface area contributed by atoms with Crippen LogP contribution >= 0.6 is 0 Å². The molecular formula is C24H32N2O2. The fourth-order valence-electron chi connectivity index (χ4n) is 3.17. The molecule has 2 unspecified atom stereocenters. The van der Waals surface area contributed by atoms with Crippen LogP contribution in [-0.4, -0.2) is 28.8 Å². The third kappa shape index (κ3) is 5.95. The number of hydrogen-bond donors (Lipinski definition) is 1. The van der Waals surface area contributed by atoms with E-state index in [1.807, 2.05) is 82.3 Å². The van der Waals surface area contributed by atoms with Crippen molar-refractivity contribution in [2.24, 2.45) is 0 Å². The Balaban J connectivity index is 2.37. The molecule has 2 aromatic rings. The highest BCUT2D eigenvalue weighted by atomic mass is 16.2. The van der Waals surface area contributed by atoms with E-state index in [0.717, 1.165) is 23.1 Å². The molecule has 2 rings (SSSR count). The Morgan fingerprint density at radius 3 is 2.25 bits per heavy atom. The van der Waals surface area contributed by atoms with Gasteiger partial charge in [0.05, 0.1) is 0 Å². The predicted molar refractivity (Wildman–Crippen MR) is 114 cm³/mol. The molecule has 2 atom stereocenters. The van der Waals surface area contributed by atoms with Crippen LogP contribution < -0.4 is 5.32 Å². The van der Waals surface area contributed by atoms with Crippen molar-refractivity contribution < 1.29 is 9.59 Å². The number of aryl methyl sites for hydroxylation is 1. The average Bonchev–Trinajstić information content (AvgIpc) is 2.71. The quantitative estimate of drug-likeness (QED) is 0.707. The molecule has 4 heteroatoms. The summed E-state index contributed by atoms with van der Waals surface area (Å²) in [5.41, 5.74) is 3.24. The Morgan fingerprint density at radius 2 is 1.64 bits per heavy atom. The molecule has 0 aliphatic rings. The highest BCUT2D eigenvalue weighted by Gasteiger charge is 2.30. The van der Waals surface area contributed by atoms with Crippen molar-refractivity contribution in [2.45, 2.75) is 65.6 Å². The Bertz CT molecular complexity index is 773. The van der Waals surface area contributed by atoms with Crippen LogP contribution in [0.5, 0.6) is 0 Å². The number of hydrogen-bond acceptors (Lipinski definition) is 2. The topological polar surface area (TPSA) is 49.4 Å². The molecule has 0 fully saturated rings. The van der Waals surface area contributed by atoms with Crippen molar-refractivity contribution in [1.82, 2.24) is 10.2 Å². The number of rotatable bonds is 9. The van der Waals surface area contributed by atoms with E-state index in [0.29, 0.717) is 19.4 Å². The van der Waals surface area contributed by atoms with Crippen molar-refractivity contribution in [3.63, 3.8) is 0 Å². The van der Waals surface area contributed by atoms with E-state index >= 15 is 0 Å². The van der Waals surface area contributed by atoms with E-state index < -0.39 is 6.04 Å². The molecule has 150 valence electrons. The third-order valence-corrected chi connectivity index (χ3v) is 5.18. The molecule has 0 bridgehead atoms. The zero-order valence-electron chi connectivity index (χ0n) is 17.4. The highest BCUT2D eigenvalue weighted by Crippen LogP contribution is 2.18. The summed E-state index contributed by atoms with van der Waals surface area (Å²) in [6.07, 6.45) is 1.72. The van der Waals surface area contributed by atoms with Crippen molar-refractivity contribution in [3.05, 3.63) is 71.3 Å². The molecule has 0 radical (unpaired) electrons. The summed E-state index contributed by atoms with van der Waals surface area (Å²) < 4.78 is 0. The van der Waals surface area contributed by atoms with Crippen molar-refractivity contribution in [3.8, 4) is 0 Å². The fraction of sp³-hybridized carbons (Fsp3) is 0.417. The zero-order chi connectivity index (χ0) is 20.5. The van der Waals surface area contributed by atoms with Crippen LogP contribution in [0.4, 0.5) is 0 Å². The van der Waals surface area contributed by atoms with Gasteiger partial charge in [-0.25, -0.2) is 0 Å². The Hall–Kier alpha value is -2.62. The van der Waals surface area contributed by atoms with E-state index in [2.05, 4.69) is 5.32 Å². The summed E-state index contributed by atoms with van der Waals surface area (Å²) in [5.74, 6) is -0.0999. The van der Waals surface area contributed by atoms with E-state index in [1.54, 1.807) is 4.90 Å². The first kappa shape index (κ1) is 21.7. The van der Waals surface area contributed by atoms with Crippen LogP contribution in [0.15, 0.2) is 54.6 Å². The van der Waals surface area contributed by atoms with Gasteiger partial charge < -0.3 is 10.2 Å². The smallest absolute Gasteiger partial charge is 0.243 e. The summed E-state index contributed by atoms with van der Waals surface area (Å²) in [7, 11) is 0. The van der Waals surface area contributed by atoms with E-state index in [-0.39, 0.29) is 17.9 Å². The number of carbonyl (C=O) groups is 2. The van der Waals surface area contributed by atoms with Gasteiger partial charge >= 0.3 is 0 Å². The van der Waals surface area contributed by atoms with Gasteiger partial charge in [-0.05, 0) is 37.0 Å². The van der Waals surface area contributed by atoms with Gasteiger partial charge in [-0.1, -0.05) is 68.4 Å². The lowest BCUT2D eigenvalue weighted by Gasteiger charge is -2.32. The lowest BCUT2D eigenvalue weighted by Crippen LogP contribution is -2.52. The SMILES string of the molecule is CCC(=O)N(Cc1ccccc1C)C(Cc1ccccc1)C(=O)NC(C)CC. The average molecular weight is 381 g/mol. The maximum atomic E-state index is 13.1. The zero-order valence-corrected chi connectivity index (χ0v) is 17.4. The summed E-state index contributed by atoms with van der Waals surface area (Å²) in [4.78, 5) is 27.8. The normalized spacial score (nSPS) is 12.9. The van der Waals surface area contributed by atoms with Gasteiger partial charge in [0.15, 0.2) is 0 Å². The largest absolute Gasteiger partial charge is 0.352 e. The van der Waals surface area contributed by atoms with Crippen molar-refractivity contribution in [1.29, 1.82) is 0 Å². The van der Waals surface area contributed by atoms with Gasteiger partial charge in [-0.3, -0.25) is 9.59 Å². The first-order valence-electron chi connectivity index (χ1n) is 10.1. The minimum atomic E-state index is -0.538. The maximum Gasteiger partial charge on any atom is 0.243 e. The second-order valence-electron chi connectivity index (χ2n) is 7.33. The second kappa shape index (κ2) is 10.6. The van der Waals surface area contributed by atoms with Crippen LogP contribution in [0.2, 0.25) is 0 Å². The Kier molecular flexibility index (Phi) is 8.24. The molecule has 0 spiro atoms. The van der Waals surface area contributed by atoms with Crippen LogP contribution in [0, 0.1) is 6.92 Å². The van der Waals surface area contributed by atoms with Gasteiger partial charge in [0.25, 0.3) is 0 Å². The van der Waals surface area contributed by atoms with E-state index in [9.17, 15) is 9.59 Å². The minimum Gasteiger partial charge on any atom is -0.352 e. The summed E-state index contributed by atoms with van der Waals surface area (Å²) in [5, 5.41) is 3.08. The number of nitrogens with zero attached hydrogens (tertiary/aromatic N) is 1. The van der Waals surface area contributed by atoms with Gasteiger partial charge in [-0.15, -0.1) is 0 Å². The second-order valence-corrected chi connectivity index (χ2v) is 7.33. The van der Waals surface area contributed by atoms with Crippen LogP contribution in [0.3, 0.4) is 0 Å². The van der Waals surface area contributed by atoms with Gasteiger partial charge in [0, 0.05) is 25.4 Å². The number of nitrogens with one attached hydrogen (secondary N) is 1. The molecular weight excluding hydrogens is 348 g/mol. The van der Waals surface area contributed by atoms with Gasteiger partial charge in [0.1, 0.15) is 6.04 Å². The van der Waals surface area contributed by atoms with Gasteiger partial charge in [0.2, 0.25) is 11.8 Å². The molecule has 0 saturated heterocycles. The third-order valence-electron chi connectivity index (χ3n) is 5.18. The monoisotopic (exact) mass is 380 g/mol. The Labute approximate surface area is 169 Å². The first-order valence-corrected chi connectivity index (χ1v) is 10.1. The van der Waals surface area contributed by atoms with E-state index in [4.69, 9.17) is 0 Å². The van der Waals surface area contributed by atoms with Crippen LogP contribution in [-0.2, 0) is 22.6 Å². The summed E-state index contributed by atoms with van der Waals surface area (Å²) in [6, 6.07) is 17.5. The molecule has 0 saturated carbocycles. The fourth-order valence-corrected chi connectivity index (χ4v) is 3.17. The first-order chi connectivity index (χ1) is 13.5. The highest BCUT2D eigenvalue weighted by molar-refractivity contribution is 5.88. The number of carbonyl (C=O) groups excluding carboxylic acids is 2. The predicted octanol–water partition coefficient (Wildman–Crippen LogP) is 4.26. The minimum absolute atomic E-state index is 0.0107. The Morgan fingerprint density at radius 1 is 1.00 bits per heavy atom. The lowest BCUT2D eigenvalue weighted by molar-refractivity contribution is -0.141. The number of amides is 2. The van der Waals surface area contributed by atoms with E-state index in [1.165, 1.54) is 0 Å². The van der Waals surface area contributed by atoms with Crippen LogP contribution in [0.25, 0.3) is 0 Å². The molecule has 2 amide bonds. The van der Waals surface area contributed by atoms with Crippen LogP contribution in [0.1, 0.15) is 50.3 Å². The molecule has 0 heterocycles. The summed E-state index contributed by atoms with van der Waals surface area (Å²) in [6.45, 7) is 8.35. The van der Waals surface area contributed by atoms with Crippen molar-refractivity contribution >= 4 is 11.8 Å². The molecule has 0 aromatic heterocycles. The molecule has 1 N–H and O–H groups in total. The molecule has 28 heavy (non-hydrogen) atoms. The number of benzene rings is 2.